The minimum atomic E-state index is -0.268. The molecule has 23 heavy (non-hydrogen) atoms. The monoisotopic (exact) mass is 340 g/mol. The molecule has 3 N–H and O–H groups in total. The van der Waals surface area contributed by atoms with E-state index < -0.39 is 0 Å². The van der Waals surface area contributed by atoms with E-state index in [9.17, 15) is 9.59 Å². The lowest BCUT2D eigenvalue weighted by molar-refractivity contribution is 0.0709. The van der Waals surface area contributed by atoms with Crippen molar-refractivity contribution in [3.8, 4) is 0 Å². The molecule has 1 aromatic rings. The van der Waals surface area contributed by atoms with Gasteiger partial charge in [-0.3, -0.25) is 4.79 Å². The Bertz CT molecular complexity index is 551. The lowest BCUT2D eigenvalue weighted by Gasteiger charge is -2.32. The minimum Gasteiger partial charge on any atom is -0.336 e. The Morgan fingerprint density at radius 2 is 2.09 bits per heavy atom. The Morgan fingerprint density at radius 1 is 1.35 bits per heavy atom. The summed E-state index contributed by atoms with van der Waals surface area (Å²) in [5.41, 5.74) is 1.21. The predicted octanol–water partition coefficient (Wildman–Crippen LogP) is 2.07. The smallest absolute Gasteiger partial charge is 0.319 e. The Hall–Kier alpha value is -1.79. The molecule has 2 rings (SSSR count). The van der Waals surface area contributed by atoms with Crippen molar-refractivity contribution < 1.29 is 9.59 Å². The number of piperazine rings is 1. The van der Waals surface area contributed by atoms with Crippen LogP contribution in [-0.2, 0) is 0 Å². The normalized spacial score (nSPS) is 17.4. The van der Waals surface area contributed by atoms with E-state index in [0.717, 1.165) is 6.54 Å². The molecule has 1 aromatic carbocycles. The minimum absolute atomic E-state index is 0. The number of hydrogen-bond acceptors (Lipinski definition) is 3. The highest BCUT2D eigenvalue weighted by molar-refractivity contribution is 5.97. The topological polar surface area (TPSA) is 73.5 Å². The summed E-state index contributed by atoms with van der Waals surface area (Å²) >= 11 is 0. The molecule has 1 fully saturated rings. The third kappa shape index (κ3) is 5.73. The zero-order chi connectivity index (χ0) is 16.1. The van der Waals surface area contributed by atoms with Crippen LogP contribution in [0.1, 0.15) is 31.1 Å². The average Bonchev–Trinajstić information content (AvgIpc) is 2.45. The van der Waals surface area contributed by atoms with E-state index in [0.29, 0.717) is 30.4 Å². The third-order valence-electron chi connectivity index (χ3n) is 3.44. The van der Waals surface area contributed by atoms with Crippen molar-refractivity contribution in [2.75, 3.05) is 25.0 Å². The molecular formula is C16H25ClN4O2. The molecule has 128 valence electrons. The van der Waals surface area contributed by atoms with Crippen LogP contribution in [0.4, 0.5) is 10.5 Å². The summed E-state index contributed by atoms with van der Waals surface area (Å²) in [4.78, 5) is 26.1. The maximum absolute atomic E-state index is 12.5. The second-order valence-corrected chi connectivity index (χ2v) is 5.94. The van der Waals surface area contributed by atoms with E-state index in [2.05, 4.69) is 22.9 Å². The molecular weight excluding hydrogens is 316 g/mol. The van der Waals surface area contributed by atoms with Gasteiger partial charge in [0.2, 0.25) is 0 Å². The molecule has 3 amide bonds. The van der Waals surface area contributed by atoms with Crippen molar-refractivity contribution in [3.05, 3.63) is 29.8 Å². The fourth-order valence-corrected chi connectivity index (χ4v) is 2.46. The van der Waals surface area contributed by atoms with Gasteiger partial charge in [-0.05, 0) is 39.0 Å². The van der Waals surface area contributed by atoms with E-state index in [-0.39, 0.29) is 30.4 Å². The van der Waals surface area contributed by atoms with Crippen LogP contribution >= 0.6 is 12.4 Å². The van der Waals surface area contributed by atoms with Gasteiger partial charge in [-0.15, -0.1) is 12.4 Å². The van der Waals surface area contributed by atoms with Gasteiger partial charge in [0.1, 0.15) is 0 Å². The number of benzene rings is 1. The molecule has 0 saturated carbocycles. The summed E-state index contributed by atoms with van der Waals surface area (Å²) in [6.45, 7) is 8.06. The Balaban J connectivity index is 0.00000264. The summed E-state index contributed by atoms with van der Waals surface area (Å²) in [7, 11) is 0. The van der Waals surface area contributed by atoms with Gasteiger partial charge >= 0.3 is 6.03 Å². The van der Waals surface area contributed by atoms with Crippen LogP contribution in [0.3, 0.4) is 0 Å². The highest BCUT2D eigenvalue weighted by atomic mass is 35.5. The van der Waals surface area contributed by atoms with Crippen molar-refractivity contribution in [2.24, 2.45) is 0 Å². The number of hydrogen-bond donors (Lipinski definition) is 3. The fraction of sp³-hybridized carbons (Fsp3) is 0.500. The van der Waals surface area contributed by atoms with E-state index in [1.165, 1.54) is 0 Å². The van der Waals surface area contributed by atoms with E-state index in [1.807, 2.05) is 18.7 Å². The molecule has 1 aliphatic heterocycles. The first-order chi connectivity index (χ1) is 10.5. The van der Waals surface area contributed by atoms with Crippen molar-refractivity contribution in [1.82, 2.24) is 15.5 Å². The van der Waals surface area contributed by atoms with Crippen molar-refractivity contribution in [2.45, 2.75) is 32.9 Å². The zero-order valence-electron chi connectivity index (χ0n) is 13.8. The summed E-state index contributed by atoms with van der Waals surface area (Å²) < 4.78 is 0. The summed E-state index contributed by atoms with van der Waals surface area (Å²) in [5.74, 6) is 0.00117. The molecule has 7 heteroatoms. The number of nitrogens with one attached hydrogen (secondary N) is 3. The fourth-order valence-electron chi connectivity index (χ4n) is 2.46. The molecule has 6 nitrogen and oxygen atoms in total. The molecule has 0 spiro atoms. The van der Waals surface area contributed by atoms with Gasteiger partial charge in [-0.2, -0.15) is 0 Å². The number of amides is 3. The lowest BCUT2D eigenvalue weighted by Crippen LogP contribution is -2.51. The van der Waals surface area contributed by atoms with E-state index in [4.69, 9.17) is 0 Å². The van der Waals surface area contributed by atoms with Crippen LogP contribution in [0.5, 0.6) is 0 Å². The molecule has 1 aliphatic rings. The molecule has 1 unspecified atom stereocenters. The Morgan fingerprint density at radius 3 is 2.74 bits per heavy atom. The maximum atomic E-state index is 12.5. The first-order valence-electron chi connectivity index (χ1n) is 7.66. The summed E-state index contributed by atoms with van der Waals surface area (Å²) in [6.07, 6.45) is 0. The quantitative estimate of drug-likeness (QED) is 0.788. The number of carbonyl (C=O) groups excluding carboxylic acids is 2. The van der Waals surface area contributed by atoms with Crippen LogP contribution in [0, 0.1) is 0 Å². The summed E-state index contributed by atoms with van der Waals surface area (Å²) in [6, 6.07) is 7.15. The third-order valence-corrected chi connectivity index (χ3v) is 3.44. The number of rotatable bonds is 3. The van der Waals surface area contributed by atoms with Crippen LogP contribution < -0.4 is 16.0 Å². The predicted molar refractivity (Wildman–Crippen MR) is 94.3 cm³/mol. The standard InChI is InChI=1S/C16H24N4O2.ClH/c1-11(2)18-16(22)19-14-6-4-5-13(9-14)15(21)20-8-7-17-12(3)10-20;/h4-6,9,11-12,17H,7-8,10H2,1-3H3,(H2,18,19,22);1H. The number of halogens is 1. The van der Waals surface area contributed by atoms with Crippen LogP contribution in [0.2, 0.25) is 0 Å². The van der Waals surface area contributed by atoms with Crippen LogP contribution in [0.15, 0.2) is 24.3 Å². The van der Waals surface area contributed by atoms with Crippen molar-refractivity contribution in [3.63, 3.8) is 0 Å². The highest BCUT2D eigenvalue weighted by Crippen LogP contribution is 2.14. The molecule has 1 atom stereocenters. The average molecular weight is 341 g/mol. The van der Waals surface area contributed by atoms with Gasteiger partial charge in [0.25, 0.3) is 5.91 Å². The summed E-state index contributed by atoms with van der Waals surface area (Å²) in [5, 5.41) is 8.82. The van der Waals surface area contributed by atoms with E-state index >= 15 is 0 Å². The first kappa shape index (κ1) is 19.3. The zero-order valence-corrected chi connectivity index (χ0v) is 14.6. The number of urea groups is 1. The molecule has 0 aromatic heterocycles. The number of anilines is 1. The Kier molecular flexibility index (Phi) is 7.32. The van der Waals surface area contributed by atoms with Gasteiger partial charge in [-0.1, -0.05) is 6.07 Å². The van der Waals surface area contributed by atoms with Gasteiger partial charge in [0.05, 0.1) is 0 Å². The lowest BCUT2D eigenvalue weighted by atomic mass is 10.1. The molecule has 0 bridgehead atoms. The largest absolute Gasteiger partial charge is 0.336 e. The molecule has 1 heterocycles. The second-order valence-electron chi connectivity index (χ2n) is 5.94. The SMILES string of the molecule is CC(C)NC(=O)Nc1cccc(C(=O)N2CCNC(C)C2)c1.Cl. The van der Waals surface area contributed by atoms with Crippen molar-refractivity contribution in [1.29, 1.82) is 0 Å². The second kappa shape index (κ2) is 8.74. The van der Waals surface area contributed by atoms with E-state index in [1.54, 1.807) is 24.3 Å². The molecule has 0 aliphatic carbocycles. The number of nitrogens with zero attached hydrogens (tertiary/aromatic N) is 1. The van der Waals surface area contributed by atoms with Crippen molar-refractivity contribution >= 4 is 30.0 Å². The van der Waals surface area contributed by atoms with Gasteiger partial charge in [-0.25, -0.2) is 4.79 Å². The first-order valence-corrected chi connectivity index (χ1v) is 7.66. The van der Waals surface area contributed by atoms with Crippen LogP contribution in [0.25, 0.3) is 0 Å². The number of carbonyl (C=O) groups is 2. The molecule has 0 radical (unpaired) electrons. The molecule has 1 saturated heterocycles. The van der Waals surface area contributed by atoms with Gasteiger partial charge in [0, 0.05) is 43.0 Å². The van der Waals surface area contributed by atoms with Gasteiger partial charge < -0.3 is 20.9 Å². The van der Waals surface area contributed by atoms with Crippen LogP contribution in [-0.4, -0.2) is 48.6 Å². The highest BCUT2D eigenvalue weighted by Gasteiger charge is 2.21. The maximum Gasteiger partial charge on any atom is 0.319 e. The van der Waals surface area contributed by atoms with Gasteiger partial charge in [0.15, 0.2) is 0 Å². The Labute approximate surface area is 143 Å².